The standard InChI is InChI=1S/C22H26O3/c1-16(2)23-22(24-17(3)4)20(18-11-7-5-8-12-18)15-21(25-22)19-13-9-6-10-14-19/h5-17,20H,1-4H3. The molecule has 0 N–H and O–H groups in total. The molecule has 0 aliphatic carbocycles. The first-order valence-electron chi connectivity index (χ1n) is 8.87. The maximum atomic E-state index is 6.34. The first-order valence-corrected chi connectivity index (χ1v) is 8.87. The second-order valence-corrected chi connectivity index (χ2v) is 6.82. The molecule has 3 heteroatoms. The summed E-state index contributed by atoms with van der Waals surface area (Å²) < 4.78 is 18.8. The number of hydrogen-bond donors (Lipinski definition) is 0. The summed E-state index contributed by atoms with van der Waals surface area (Å²) in [5.41, 5.74) is 2.12. The van der Waals surface area contributed by atoms with Crippen LogP contribution >= 0.6 is 0 Å². The van der Waals surface area contributed by atoms with Crippen LogP contribution in [-0.4, -0.2) is 18.2 Å². The zero-order valence-electron chi connectivity index (χ0n) is 15.3. The van der Waals surface area contributed by atoms with Crippen LogP contribution in [0.5, 0.6) is 0 Å². The lowest BCUT2D eigenvalue weighted by Gasteiger charge is -2.37. The minimum atomic E-state index is -1.16. The molecule has 0 aromatic heterocycles. The molecule has 3 rings (SSSR count). The average molecular weight is 338 g/mol. The van der Waals surface area contributed by atoms with Crippen molar-refractivity contribution in [2.24, 2.45) is 0 Å². The SMILES string of the molecule is CC(C)OC1(OC(C)C)OC(c2ccccc2)=CC1c1ccccc1. The van der Waals surface area contributed by atoms with Crippen molar-refractivity contribution in [2.45, 2.75) is 51.8 Å². The minimum Gasteiger partial charge on any atom is -0.438 e. The van der Waals surface area contributed by atoms with E-state index in [-0.39, 0.29) is 18.1 Å². The van der Waals surface area contributed by atoms with Crippen molar-refractivity contribution in [1.82, 2.24) is 0 Å². The number of ether oxygens (including phenoxy) is 3. The molecule has 0 spiro atoms. The van der Waals surface area contributed by atoms with Crippen molar-refractivity contribution in [3.05, 3.63) is 77.9 Å². The van der Waals surface area contributed by atoms with Crippen molar-refractivity contribution in [1.29, 1.82) is 0 Å². The molecule has 1 aliphatic rings. The zero-order valence-corrected chi connectivity index (χ0v) is 15.3. The summed E-state index contributed by atoms with van der Waals surface area (Å²) in [4.78, 5) is 0. The van der Waals surface area contributed by atoms with E-state index in [4.69, 9.17) is 14.2 Å². The summed E-state index contributed by atoms with van der Waals surface area (Å²) in [6.07, 6.45) is 2.04. The fourth-order valence-corrected chi connectivity index (χ4v) is 3.10. The van der Waals surface area contributed by atoms with Gasteiger partial charge in [-0.2, -0.15) is 0 Å². The van der Waals surface area contributed by atoms with Crippen LogP contribution in [0.4, 0.5) is 0 Å². The summed E-state index contributed by atoms with van der Waals surface area (Å²) in [6, 6.07) is 20.3. The third kappa shape index (κ3) is 3.94. The monoisotopic (exact) mass is 338 g/mol. The van der Waals surface area contributed by atoms with Gasteiger partial charge >= 0.3 is 5.97 Å². The quantitative estimate of drug-likeness (QED) is 0.665. The topological polar surface area (TPSA) is 27.7 Å². The van der Waals surface area contributed by atoms with Gasteiger partial charge in [-0.15, -0.1) is 0 Å². The zero-order chi connectivity index (χ0) is 17.9. The van der Waals surface area contributed by atoms with Gasteiger partial charge in [0.1, 0.15) is 11.7 Å². The van der Waals surface area contributed by atoms with Crippen LogP contribution in [0.2, 0.25) is 0 Å². The summed E-state index contributed by atoms with van der Waals surface area (Å²) in [7, 11) is 0. The third-order valence-corrected chi connectivity index (χ3v) is 3.97. The van der Waals surface area contributed by atoms with Crippen LogP contribution in [0, 0.1) is 0 Å². The van der Waals surface area contributed by atoms with Crippen molar-refractivity contribution in [3.63, 3.8) is 0 Å². The molecule has 2 aromatic rings. The van der Waals surface area contributed by atoms with Gasteiger partial charge in [-0.25, -0.2) is 0 Å². The predicted molar refractivity (Wildman–Crippen MR) is 99.9 cm³/mol. The van der Waals surface area contributed by atoms with E-state index in [0.29, 0.717) is 0 Å². The Morgan fingerprint density at radius 3 is 1.84 bits per heavy atom. The molecular weight excluding hydrogens is 312 g/mol. The van der Waals surface area contributed by atoms with Crippen LogP contribution in [0.3, 0.4) is 0 Å². The van der Waals surface area contributed by atoms with E-state index >= 15 is 0 Å². The Hall–Kier alpha value is -2.10. The number of benzene rings is 2. The molecule has 1 heterocycles. The second kappa shape index (κ2) is 7.42. The molecule has 2 aromatic carbocycles. The van der Waals surface area contributed by atoms with E-state index in [1.165, 1.54) is 0 Å². The molecule has 0 saturated carbocycles. The molecule has 0 fully saturated rings. The summed E-state index contributed by atoms with van der Waals surface area (Å²) >= 11 is 0. The first-order chi connectivity index (χ1) is 12.0. The summed E-state index contributed by atoms with van der Waals surface area (Å²) in [5.74, 6) is -0.515. The van der Waals surface area contributed by atoms with Crippen molar-refractivity contribution < 1.29 is 14.2 Å². The van der Waals surface area contributed by atoms with Crippen molar-refractivity contribution >= 4 is 5.76 Å². The van der Waals surface area contributed by atoms with Crippen molar-refractivity contribution in [2.75, 3.05) is 0 Å². The van der Waals surface area contributed by atoms with Gasteiger partial charge in [-0.1, -0.05) is 60.7 Å². The van der Waals surface area contributed by atoms with Crippen LogP contribution in [-0.2, 0) is 14.2 Å². The van der Waals surface area contributed by atoms with Gasteiger partial charge in [0.25, 0.3) is 0 Å². The van der Waals surface area contributed by atoms with Crippen LogP contribution in [0.15, 0.2) is 66.7 Å². The van der Waals surface area contributed by atoms with Gasteiger partial charge < -0.3 is 14.2 Å². The fourth-order valence-electron chi connectivity index (χ4n) is 3.10. The maximum absolute atomic E-state index is 6.34. The molecule has 1 atom stereocenters. The van der Waals surface area contributed by atoms with Gasteiger partial charge in [0, 0.05) is 5.56 Å². The molecule has 0 radical (unpaired) electrons. The second-order valence-electron chi connectivity index (χ2n) is 6.82. The largest absolute Gasteiger partial charge is 0.438 e. The van der Waals surface area contributed by atoms with Crippen LogP contribution < -0.4 is 0 Å². The Bertz CT molecular complexity index is 695. The molecular formula is C22H26O3. The lowest BCUT2D eigenvalue weighted by molar-refractivity contribution is -0.376. The average Bonchev–Trinajstić information content (AvgIpc) is 2.94. The van der Waals surface area contributed by atoms with Crippen LogP contribution in [0.25, 0.3) is 5.76 Å². The highest BCUT2D eigenvalue weighted by Crippen LogP contribution is 2.46. The Labute approximate surface area is 150 Å². The van der Waals surface area contributed by atoms with Gasteiger partial charge in [0.2, 0.25) is 0 Å². The highest BCUT2D eigenvalue weighted by Gasteiger charge is 2.50. The normalized spacial score (nSPS) is 19.1. The molecule has 25 heavy (non-hydrogen) atoms. The highest BCUT2D eigenvalue weighted by molar-refractivity contribution is 5.63. The van der Waals surface area contributed by atoms with Crippen molar-refractivity contribution in [3.8, 4) is 0 Å². The fraction of sp³-hybridized carbons (Fsp3) is 0.364. The predicted octanol–water partition coefficient (Wildman–Crippen LogP) is 5.35. The molecule has 132 valence electrons. The van der Waals surface area contributed by atoms with E-state index in [2.05, 4.69) is 18.2 Å². The first kappa shape index (κ1) is 17.7. The highest BCUT2D eigenvalue weighted by atomic mass is 16.9. The molecule has 3 nitrogen and oxygen atoms in total. The smallest absolute Gasteiger partial charge is 0.338 e. The molecule has 1 unspecified atom stereocenters. The number of hydrogen-bond acceptors (Lipinski definition) is 3. The molecule has 0 bridgehead atoms. The molecule has 0 saturated heterocycles. The van der Waals surface area contributed by atoms with Crippen LogP contribution in [0.1, 0.15) is 44.7 Å². The van der Waals surface area contributed by atoms with E-state index < -0.39 is 5.97 Å². The van der Waals surface area contributed by atoms with E-state index in [1.807, 2.05) is 76.2 Å². The lowest BCUT2D eigenvalue weighted by atomic mass is 9.96. The van der Waals surface area contributed by atoms with Gasteiger partial charge in [-0.05, 0) is 39.3 Å². The summed E-state index contributed by atoms with van der Waals surface area (Å²) in [5, 5.41) is 0. The third-order valence-electron chi connectivity index (χ3n) is 3.97. The van der Waals surface area contributed by atoms with E-state index in [1.54, 1.807) is 0 Å². The van der Waals surface area contributed by atoms with Gasteiger partial charge in [0.05, 0.1) is 12.2 Å². The number of rotatable bonds is 6. The van der Waals surface area contributed by atoms with E-state index in [0.717, 1.165) is 16.9 Å². The Morgan fingerprint density at radius 2 is 1.32 bits per heavy atom. The molecule has 0 amide bonds. The summed E-state index contributed by atoms with van der Waals surface area (Å²) in [6.45, 7) is 7.99. The molecule has 1 aliphatic heterocycles. The lowest BCUT2D eigenvalue weighted by Crippen LogP contribution is -2.44. The Balaban J connectivity index is 2.06. The Kier molecular flexibility index (Phi) is 5.26. The Morgan fingerprint density at radius 1 is 0.800 bits per heavy atom. The van der Waals surface area contributed by atoms with Gasteiger partial charge in [0.15, 0.2) is 0 Å². The minimum absolute atomic E-state index is 0.0338. The van der Waals surface area contributed by atoms with Gasteiger partial charge in [-0.3, -0.25) is 0 Å². The maximum Gasteiger partial charge on any atom is 0.338 e. The van der Waals surface area contributed by atoms with E-state index in [9.17, 15) is 0 Å².